The summed E-state index contributed by atoms with van der Waals surface area (Å²) < 4.78 is 27.9. The molecular formula is C28H32O6. The molecule has 0 aliphatic carbocycles. The Hall–Kier alpha value is -3.67. The van der Waals surface area contributed by atoms with Crippen LogP contribution in [0.5, 0.6) is 28.7 Å². The zero-order valence-corrected chi connectivity index (χ0v) is 20.7. The van der Waals surface area contributed by atoms with Gasteiger partial charge in [-0.25, -0.2) is 0 Å². The van der Waals surface area contributed by atoms with Gasteiger partial charge in [0.2, 0.25) is 11.5 Å². The first-order valence-corrected chi connectivity index (χ1v) is 11.2. The highest BCUT2D eigenvalue weighted by Gasteiger charge is 2.28. The number of methoxy groups -OCH3 is 3. The monoisotopic (exact) mass is 464 g/mol. The van der Waals surface area contributed by atoms with Crippen molar-refractivity contribution < 1.29 is 28.5 Å². The molecule has 0 bridgehead atoms. The fraction of sp³-hybridized carbons (Fsp3) is 0.321. The van der Waals surface area contributed by atoms with Gasteiger partial charge < -0.3 is 23.7 Å². The summed E-state index contributed by atoms with van der Waals surface area (Å²) in [7, 11) is 4.63. The summed E-state index contributed by atoms with van der Waals surface area (Å²) in [6.45, 7) is 6.77. The largest absolute Gasteiger partial charge is 0.493 e. The van der Waals surface area contributed by atoms with Gasteiger partial charge in [-0.2, -0.15) is 0 Å². The van der Waals surface area contributed by atoms with Gasteiger partial charge in [0.25, 0.3) is 0 Å². The highest BCUT2D eigenvalue weighted by molar-refractivity contribution is 6.14. The van der Waals surface area contributed by atoms with Crippen molar-refractivity contribution in [3.05, 3.63) is 70.5 Å². The van der Waals surface area contributed by atoms with Crippen molar-refractivity contribution in [2.24, 2.45) is 0 Å². The second kappa shape index (κ2) is 11.5. The lowest BCUT2D eigenvalue weighted by atomic mass is 10.1. The summed E-state index contributed by atoms with van der Waals surface area (Å²) in [5.74, 6) is 2.63. The van der Waals surface area contributed by atoms with Gasteiger partial charge in [0.1, 0.15) is 18.1 Å². The molecule has 6 heteroatoms. The van der Waals surface area contributed by atoms with E-state index in [0.717, 1.165) is 12.8 Å². The van der Waals surface area contributed by atoms with Crippen LogP contribution in [0.4, 0.5) is 0 Å². The summed E-state index contributed by atoms with van der Waals surface area (Å²) in [6.07, 6.45) is 8.00. The molecule has 1 aliphatic rings. The molecule has 0 amide bonds. The van der Waals surface area contributed by atoms with Gasteiger partial charge >= 0.3 is 0 Å². The standard InChI is InChI=1S/C28H32O6/c1-18(2)8-7-9-19(3)12-13-33-21-10-11-22-23(17-21)34-24(27(22)29)14-20-15-25(30-4)28(32-6)26(16-20)31-5/h8,10-12,14-17H,7,9,13H2,1-6H3/b19-12+,24-14-. The molecule has 0 fully saturated rings. The summed E-state index contributed by atoms with van der Waals surface area (Å²) in [5.41, 5.74) is 3.80. The lowest BCUT2D eigenvalue weighted by Gasteiger charge is -2.13. The summed E-state index contributed by atoms with van der Waals surface area (Å²) in [5, 5.41) is 0. The Morgan fingerprint density at radius 2 is 1.65 bits per heavy atom. The topological polar surface area (TPSA) is 63.2 Å². The molecule has 180 valence electrons. The molecule has 1 aliphatic heterocycles. The molecule has 0 saturated carbocycles. The minimum absolute atomic E-state index is 0.190. The molecule has 3 rings (SSSR count). The van der Waals surface area contributed by atoms with Gasteiger partial charge in [-0.05, 0) is 75.6 Å². The van der Waals surface area contributed by atoms with Crippen LogP contribution in [0.1, 0.15) is 49.5 Å². The maximum absolute atomic E-state index is 12.9. The number of allylic oxidation sites excluding steroid dienone is 4. The maximum Gasteiger partial charge on any atom is 0.231 e. The number of hydrogen-bond donors (Lipinski definition) is 0. The first kappa shape index (κ1) is 25.0. The Labute approximate surface area is 201 Å². The third-order valence-corrected chi connectivity index (χ3v) is 5.40. The molecule has 1 heterocycles. The number of ether oxygens (including phenoxy) is 5. The second-order valence-corrected chi connectivity index (χ2v) is 8.24. The van der Waals surface area contributed by atoms with Gasteiger partial charge in [0, 0.05) is 6.07 Å². The normalized spacial score (nSPS) is 13.9. The molecule has 0 unspecified atom stereocenters. The van der Waals surface area contributed by atoms with E-state index in [1.54, 1.807) is 57.7 Å². The van der Waals surface area contributed by atoms with Crippen LogP contribution in [-0.4, -0.2) is 33.7 Å². The number of benzene rings is 2. The van der Waals surface area contributed by atoms with Crippen molar-refractivity contribution >= 4 is 11.9 Å². The average molecular weight is 465 g/mol. The molecule has 2 aromatic rings. The van der Waals surface area contributed by atoms with Gasteiger partial charge in [-0.15, -0.1) is 0 Å². The zero-order valence-electron chi connectivity index (χ0n) is 20.7. The molecule has 34 heavy (non-hydrogen) atoms. The lowest BCUT2D eigenvalue weighted by Crippen LogP contribution is -1.99. The molecule has 0 radical (unpaired) electrons. The van der Waals surface area contributed by atoms with Gasteiger partial charge in [0.15, 0.2) is 17.3 Å². The minimum atomic E-state index is -0.190. The Kier molecular flexibility index (Phi) is 8.41. The van der Waals surface area contributed by atoms with E-state index in [9.17, 15) is 4.79 Å². The lowest BCUT2D eigenvalue weighted by molar-refractivity contribution is 0.101. The fourth-order valence-corrected chi connectivity index (χ4v) is 3.56. The number of ketones is 1. The van der Waals surface area contributed by atoms with Gasteiger partial charge in [0.05, 0.1) is 26.9 Å². The van der Waals surface area contributed by atoms with Crippen LogP contribution < -0.4 is 23.7 Å². The molecule has 0 N–H and O–H groups in total. The first-order valence-electron chi connectivity index (χ1n) is 11.2. The number of hydrogen-bond acceptors (Lipinski definition) is 6. The molecule has 0 spiro atoms. The van der Waals surface area contributed by atoms with E-state index in [-0.39, 0.29) is 11.5 Å². The first-order chi connectivity index (χ1) is 16.4. The van der Waals surface area contributed by atoms with Crippen LogP contribution in [0, 0.1) is 0 Å². The van der Waals surface area contributed by atoms with Crippen LogP contribution in [0.15, 0.2) is 59.4 Å². The van der Waals surface area contributed by atoms with Crippen LogP contribution in [0.2, 0.25) is 0 Å². The highest BCUT2D eigenvalue weighted by Crippen LogP contribution is 2.40. The quantitative estimate of drug-likeness (QED) is 0.299. The van der Waals surface area contributed by atoms with E-state index in [4.69, 9.17) is 23.7 Å². The van der Waals surface area contributed by atoms with Crippen molar-refractivity contribution in [2.45, 2.75) is 33.6 Å². The van der Waals surface area contributed by atoms with Crippen molar-refractivity contribution in [3.63, 3.8) is 0 Å². The number of carbonyl (C=O) groups excluding carboxylic acids is 1. The average Bonchev–Trinajstić information content (AvgIpc) is 3.12. The summed E-state index contributed by atoms with van der Waals surface area (Å²) in [4.78, 5) is 12.9. The molecule has 6 nitrogen and oxygen atoms in total. The van der Waals surface area contributed by atoms with E-state index < -0.39 is 0 Å². The zero-order chi connectivity index (χ0) is 24.7. The molecule has 2 aromatic carbocycles. The third kappa shape index (κ3) is 6.01. The Morgan fingerprint density at radius 1 is 0.941 bits per heavy atom. The summed E-state index contributed by atoms with van der Waals surface area (Å²) in [6, 6.07) is 8.78. The van der Waals surface area contributed by atoms with Gasteiger partial charge in [-0.3, -0.25) is 4.79 Å². The second-order valence-electron chi connectivity index (χ2n) is 8.24. The van der Waals surface area contributed by atoms with Crippen LogP contribution in [-0.2, 0) is 0 Å². The predicted octanol–water partition coefficient (Wildman–Crippen LogP) is 6.40. The van der Waals surface area contributed by atoms with Crippen molar-refractivity contribution in [1.29, 1.82) is 0 Å². The molecule has 0 saturated heterocycles. The van der Waals surface area contributed by atoms with E-state index in [0.29, 0.717) is 46.5 Å². The van der Waals surface area contributed by atoms with E-state index >= 15 is 0 Å². The van der Waals surface area contributed by atoms with Crippen molar-refractivity contribution in [1.82, 2.24) is 0 Å². The van der Waals surface area contributed by atoms with Crippen LogP contribution in [0.3, 0.4) is 0 Å². The third-order valence-electron chi connectivity index (χ3n) is 5.40. The van der Waals surface area contributed by atoms with E-state index in [1.807, 2.05) is 0 Å². The Bertz CT molecular complexity index is 1110. The number of Topliss-reactive ketones (excluding diaryl/α,β-unsaturated/α-hetero) is 1. The van der Waals surface area contributed by atoms with Gasteiger partial charge in [-0.1, -0.05) is 17.2 Å². The van der Waals surface area contributed by atoms with E-state index in [1.165, 1.54) is 11.1 Å². The van der Waals surface area contributed by atoms with Crippen LogP contribution >= 0.6 is 0 Å². The Morgan fingerprint density at radius 3 is 2.26 bits per heavy atom. The van der Waals surface area contributed by atoms with E-state index in [2.05, 4.69) is 32.9 Å². The predicted molar refractivity (Wildman–Crippen MR) is 133 cm³/mol. The van der Waals surface area contributed by atoms with Crippen LogP contribution in [0.25, 0.3) is 6.08 Å². The smallest absolute Gasteiger partial charge is 0.231 e. The van der Waals surface area contributed by atoms with Crippen molar-refractivity contribution in [2.75, 3.05) is 27.9 Å². The molecular weight excluding hydrogens is 432 g/mol. The Balaban J connectivity index is 1.72. The highest BCUT2D eigenvalue weighted by atomic mass is 16.5. The van der Waals surface area contributed by atoms with Crippen molar-refractivity contribution in [3.8, 4) is 28.7 Å². The number of carbonyl (C=O) groups is 1. The SMILES string of the molecule is COc1cc(/C=C2\Oc3cc(OC/C=C(\C)CCC=C(C)C)ccc3C2=O)cc(OC)c1OC. The minimum Gasteiger partial charge on any atom is -0.493 e. The number of rotatable bonds is 10. The molecule has 0 atom stereocenters. The number of fused-ring (bicyclic) bond motifs is 1. The summed E-state index contributed by atoms with van der Waals surface area (Å²) >= 11 is 0. The fourth-order valence-electron chi connectivity index (χ4n) is 3.56. The maximum atomic E-state index is 12.9. The molecule has 0 aromatic heterocycles.